The summed E-state index contributed by atoms with van der Waals surface area (Å²) in [6, 6.07) is 8.90. The molecule has 2 aromatic carbocycles. The Morgan fingerprint density at radius 3 is 2.08 bits per heavy atom. The summed E-state index contributed by atoms with van der Waals surface area (Å²) in [4.78, 5) is 0.879. The lowest BCUT2D eigenvalue weighted by Crippen LogP contribution is -1.95. The van der Waals surface area contributed by atoms with Crippen LogP contribution in [0.3, 0.4) is 0 Å². The minimum absolute atomic E-state index is 0.123. The fraction of sp³-hybridized carbons (Fsp3) is 0.211. The quantitative estimate of drug-likeness (QED) is 0.698. The topological polar surface area (TPSA) is 70.0 Å². The highest BCUT2D eigenvalue weighted by atomic mass is 32.1. The molecule has 0 spiro atoms. The highest BCUT2D eigenvalue weighted by Gasteiger charge is 2.19. The predicted molar refractivity (Wildman–Crippen MR) is 101 cm³/mol. The first-order valence-corrected chi connectivity index (χ1v) is 8.52. The van der Waals surface area contributed by atoms with Gasteiger partial charge in [-0.05, 0) is 35.8 Å². The van der Waals surface area contributed by atoms with Crippen molar-refractivity contribution < 1.29 is 24.1 Å². The van der Waals surface area contributed by atoms with Crippen molar-refractivity contribution in [1.29, 1.82) is 0 Å². The van der Waals surface area contributed by atoms with Gasteiger partial charge in [-0.15, -0.1) is 0 Å². The zero-order chi connectivity index (χ0) is 18.7. The molecule has 0 unspecified atom stereocenters. The largest absolute Gasteiger partial charge is 0.507 e. The number of methoxy groups -OCH3 is 4. The molecule has 1 aromatic heterocycles. The number of hydrogen-bond acceptors (Lipinski definition) is 7. The van der Waals surface area contributed by atoms with Gasteiger partial charge in [0.05, 0.1) is 33.3 Å². The van der Waals surface area contributed by atoms with Crippen LogP contribution in [0.1, 0.15) is 0 Å². The lowest BCUT2D eigenvalue weighted by Gasteiger charge is -2.14. The van der Waals surface area contributed by atoms with Gasteiger partial charge >= 0.3 is 0 Å². The summed E-state index contributed by atoms with van der Waals surface area (Å²) in [6.07, 6.45) is 1.73. The third-order valence-corrected chi connectivity index (χ3v) is 4.84. The Hall–Kier alpha value is -2.93. The molecule has 0 fully saturated rings. The summed E-state index contributed by atoms with van der Waals surface area (Å²) in [5.41, 5.74) is 2.33. The van der Waals surface area contributed by atoms with Crippen LogP contribution in [0.15, 0.2) is 36.5 Å². The van der Waals surface area contributed by atoms with Crippen LogP contribution in [0.5, 0.6) is 28.7 Å². The van der Waals surface area contributed by atoms with E-state index in [4.69, 9.17) is 18.9 Å². The van der Waals surface area contributed by atoms with Crippen molar-refractivity contribution in [1.82, 2.24) is 4.37 Å². The molecule has 0 aliphatic heterocycles. The van der Waals surface area contributed by atoms with Crippen LogP contribution in [-0.4, -0.2) is 37.9 Å². The lowest BCUT2D eigenvalue weighted by molar-refractivity contribution is 0.324. The number of phenolic OH excluding ortho intramolecular Hbond substituents is 1. The number of phenols is 1. The maximum atomic E-state index is 10.4. The molecular formula is C19H19NO5S. The van der Waals surface area contributed by atoms with Crippen LogP contribution in [0, 0.1) is 0 Å². The summed E-state index contributed by atoms with van der Waals surface area (Å²) >= 11 is 1.32. The zero-order valence-electron chi connectivity index (χ0n) is 14.9. The van der Waals surface area contributed by atoms with Crippen molar-refractivity contribution in [2.75, 3.05) is 28.4 Å². The summed E-state index contributed by atoms with van der Waals surface area (Å²) in [7, 11) is 6.27. The second-order valence-corrected chi connectivity index (χ2v) is 6.17. The Bertz CT molecular complexity index is 897. The first kappa shape index (κ1) is 17.9. The second kappa shape index (κ2) is 7.53. The molecule has 0 saturated carbocycles. The van der Waals surface area contributed by atoms with E-state index in [1.54, 1.807) is 52.8 Å². The Morgan fingerprint density at radius 2 is 1.54 bits per heavy atom. The van der Waals surface area contributed by atoms with Crippen molar-refractivity contribution in [2.45, 2.75) is 0 Å². The standard InChI is InChI=1S/C19H19NO5S/c1-22-12-5-6-13(15(21)9-12)14-10-20-26-19(14)11-7-16(23-2)18(25-4)17(8-11)24-3/h5-10,21H,1-4H3. The Labute approximate surface area is 155 Å². The molecule has 0 saturated heterocycles. The van der Waals surface area contributed by atoms with Crippen molar-refractivity contribution in [3.8, 4) is 50.3 Å². The number of aromatic nitrogens is 1. The van der Waals surface area contributed by atoms with E-state index in [0.29, 0.717) is 28.6 Å². The van der Waals surface area contributed by atoms with Crippen molar-refractivity contribution in [3.63, 3.8) is 0 Å². The first-order chi connectivity index (χ1) is 12.6. The molecule has 3 aromatic rings. The maximum Gasteiger partial charge on any atom is 0.203 e. The molecule has 26 heavy (non-hydrogen) atoms. The van der Waals surface area contributed by atoms with Gasteiger partial charge in [-0.3, -0.25) is 0 Å². The molecule has 6 nitrogen and oxygen atoms in total. The highest BCUT2D eigenvalue weighted by Crippen LogP contribution is 2.46. The smallest absolute Gasteiger partial charge is 0.203 e. The molecule has 0 atom stereocenters. The van der Waals surface area contributed by atoms with Gasteiger partial charge in [-0.1, -0.05) is 0 Å². The molecule has 1 heterocycles. The molecule has 3 rings (SSSR count). The van der Waals surface area contributed by atoms with Crippen molar-refractivity contribution in [2.24, 2.45) is 0 Å². The van der Waals surface area contributed by atoms with Gasteiger partial charge < -0.3 is 24.1 Å². The molecule has 136 valence electrons. The summed E-state index contributed by atoms with van der Waals surface area (Å²) < 4.78 is 25.7. The number of rotatable bonds is 6. The lowest BCUT2D eigenvalue weighted by atomic mass is 10.0. The number of hydrogen-bond donors (Lipinski definition) is 1. The van der Waals surface area contributed by atoms with Gasteiger partial charge in [0.1, 0.15) is 11.5 Å². The van der Waals surface area contributed by atoms with E-state index in [0.717, 1.165) is 16.0 Å². The zero-order valence-corrected chi connectivity index (χ0v) is 15.7. The molecular weight excluding hydrogens is 354 g/mol. The van der Waals surface area contributed by atoms with Gasteiger partial charge in [0.25, 0.3) is 0 Å². The SMILES string of the molecule is COc1ccc(-c2cnsc2-c2cc(OC)c(OC)c(OC)c2)c(O)c1. The monoisotopic (exact) mass is 373 g/mol. The van der Waals surface area contributed by atoms with E-state index < -0.39 is 0 Å². The number of ether oxygens (including phenoxy) is 4. The third-order valence-electron chi connectivity index (χ3n) is 3.99. The fourth-order valence-corrected chi connectivity index (χ4v) is 3.47. The van der Waals surface area contributed by atoms with Crippen molar-refractivity contribution >= 4 is 11.5 Å². The average molecular weight is 373 g/mol. The van der Waals surface area contributed by atoms with E-state index in [-0.39, 0.29) is 5.75 Å². The molecule has 0 aliphatic carbocycles. The van der Waals surface area contributed by atoms with Crippen LogP contribution in [-0.2, 0) is 0 Å². The van der Waals surface area contributed by atoms with Crippen LogP contribution >= 0.6 is 11.5 Å². The first-order valence-electron chi connectivity index (χ1n) is 7.75. The van der Waals surface area contributed by atoms with Crippen LogP contribution in [0.25, 0.3) is 21.6 Å². The maximum absolute atomic E-state index is 10.4. The number of benzene rings is 2. The van der Waals surface area contributed by atoms with E-state index >= 15 is 0 Å². The van der Waals surface area contributed by atoms with Gasteiger partial charge in [0.2, 0.25) is 5.75 Å². The Balaban J connectivity index is 2.15. The van der Waals surface area contributed by atoms with E-state index in [9.17, 15) is 5.11 Å². The minimum Gasteiger partial charge on any atom is -0.507 e. The predicted octanol–water partition coefficient (Wildman–Crippen LogP) is 4.22. The summed E-state index contributed by atoms with van der Waals surface area (Å²) in [6.45, 7) is 0. The van der Waals surface area contributed by atoms with Crippen LogP contribution < -0.4 is 18.9 Å². The number of aromatic hydroxyl groups is 1. The summed E-state index contributed by atoms with van der Waals surface area (Å²) in [5.74, 6) is 2.35. The van der Waals surface area contributed by atoms with Gasteiger partial charge in [0.15, 0.2) is 11.5 Å². The minimum atomic E-state index is 0.123. The molecule has 7 heteroatoms. The van der Waals surface area contributed by atoms with E-state index in [1.807, 2.05) is 12.1 Å². The Kier molecular flexibility index (Phi) is 5.18. The Morgan fingerprint density at radius 1 is 0.846 bits per heavy atom. The molecule has 0 aliphatic rings. The van der Waals surface area contributed by atoms with Crippen LogP contribution in [0.2, 0.25) is 0 Å². The molecule has 0 amide bonds. The van der Waals surface area contributed by atoms with E-state index in [2.05, 4.69) is 4.37 Å². The fourth-order valence-electron chi connectivity index (χ4n) is 2.72. The van der Waals surface area contributed by atoms with Gasteiger partial charge in [-0.2, -0.15) is 4.37 Å². The van der Waals surface area contributed by atoms with Crippen LogP contribution in [0.4, 0.5) is 0 Å². The second-order valence-electron chi connectivity index (χ2n) is 5.37. The summed E-state index contributed by atoms with van der Waals surface area (Å²) in [5, 5.41) is 10.4. The molecule has 0 radical (unpaired) electrons. The normalized spacial score (nSPS) is 10.5. The van der Waals surface area contributed by atoms with Gasteiger partial charge in [-0.25, -0.2) is 0 Å². The van der Waals surface area contributed by atoms with Crippen molar-refractivity contribution in [3.05, 3.63) is 36.5 Å². The van der Waals surface area contributed by atoms with E-state index in [1.165, 1.54) is 11.5 Å². The molecule has 1 N–H and O–H groups in total. The van der Waals surface area contributed by atoms with Gasteiger partial charge in [0, 0.05) is 29.0 Å². The number of nitrogens with zero attached hydrogens (tertiary/aromatic N) is 1. The highest BCUT2D eigenvalue weighted by molar-refractivity contribution is 7.10. The third kappa shape index (κ3) is 3.13. The molecule has 0 bridgehead atoms. The average Bonchev–Trinajstić information content (AvgIpc) is 3.15.